The van der Waals surface area contributed by atoms with E-state index in [0.29, 0.717) is 19.8 Å². The second-order valence-corrected chi connectivity index (χ2v) is 4.04. The summed E-state index contributed by atoms with van der Waals surface area (Å²) in [4.78, 5) is 0. The topological polar surface area (TPSA) is 44.5 Å². The highest BCUT2D eigenvalue weighted by Gasteiger charge is 2.18. The summed E-state index contributed by atoms with van der Waals surface area (Å²) in [6.07, 6.45) is 0. The quantitative estimate of drug-likeness (QED) is 0.837. The lowest BCUT2D eigenvalue weighted by Crippen LogP contribution is -2.17. The smallest absolute Gasteiger partial charge is 0.164 e. The van der Waals surface area contributed by atoms with Crippen LogP contribution >= 0.6 is 15.9 Å². The molecule has 2 rings (SSSR count). The zero-order valence-electron chi connectivity index (χ0n) is 7.97. The maximum absolute atomic E-state index is 5.66. The van der Waals surface area contributed by atoms with E-state index in [4.69, 9.17) is 15.2 Å². The van der Waals surface area contributed by atoms with Crippen molar-refractivity contribution in [2.45, 2.75) is 13.5 Å². The molecule has 1 aliphatic rings. The molecule has 1 aromatic rings. The summed E-state index contributed by atoms with van der Waals surface area (Å²) in [5.41, 5.74) is 7.80. The molecule has 0 aromatic heterocycles. The molecule has 1 aromatic carbocycles. The number of ether oxygens (including phenoxy) is 2. The predicted octanol–water partition coefficient (Wildman–Crippen LogP) is 1.99. The number of nitrogens with two attached hydrogens (primary N) is 1. The first-order chi connectivity index (χ1) is 6.74. The van der Waals surface area contributed by atoms with Gasteiger partial charge in [-0.1, -0.05) is 15.9 Å². The fourth-order valence-electron chi connectivity index (χ4n) is 1.60. The molecular formula is C10H12BrNO2. The van der Waals surface area contributed by atoms with Gasteiger partial charge >= 0.3 is 0 Å². The second-order valence-electron chi connectivity index (χ2n) is 3.19. The summed E-state index contributed by atoms with van der Waals surface area (Å²) in [5.74, 6) is 1.64. The zero-order chi connectivity index (χ0) is 10.1. The number of hydrogen-bond donors (Lipinski definition) is 1. The number of rotatable bonds is 1. The van der Waals surface area contributed by atoms with Crippen LogP contribution in [0.25, 0.3) is 0 Å². The van der Waals surface area contributed by atoms with Gasteiger partial charge in [0.15, 0.2) is 11.5 Å². The highest BCUT2D eigenvalue weighted by Crippen LogP contribution is 2.39. The van der Waals surface area contributed by atoms with Gasteiger partial charge in [-0.2, -0.15) is 0 Å². The van der Waals surface area contributed by atoms with Crippen molar-refractivity contribution < 1.29 is 9.47 Å². The second kappa shape index (κ2) is 3.79. The molecular weight excluding hydrogens is 246 g/mol. The third-order valence-electron chi connectivity index (χ3n) is 2.35. The van der Waals surface area contributed by atoms with Crippen LogP contribution in [0.2, 0.25) is 0 Å². The van der Waals surface area contributed by atoms with E-state index in [2.05, 4.69) is 15.9 Å². The van der Waals surface area contributed by atoms with Gasteiger partial charge in [-0.15, -0.1) is 0 Å². The normalized spacial score (nSPS) is 14.2. The molecule has 0 saturated heterocycles. The molecule has 2 N–H and O–H groups in total. The number of fused-ring (bicyclic) bond motifs is 1. The van der Waals surface area contributed by atoms with E-state index in [9.17, 15) is 0 Å². The number of hydrogen-bond acceptors (Lipinski definition) is 3. The molecule has 0 saturated carbocycles. The molecule has 0 atom stereocenters. The number of benzene rings is 1. The maximum atomic E-state index is 5.66. The summed E-state index contributed by atoms with van der Waals surface area (Å²) in [7, 11) is 0. The van der Waals surface area contributed by atoms with Gasteiger partial charge in [-0.05, 0) is 18.6 Å². The fourth-order valence-corrected chi connectivity index (χ4v) is 2.27. The van der Waals surface area contributed by atoms with Crippen molar-refractivity contribution in [1.82, 2.24) is 0 Å². The van der Waals surface area contributed by atoms with Crippen LogP contribution in [0.5, 0.6) is 11.5 Å². The molecule has 0 spiro atoms. The fraction of sp³-hybridized carbons (Fsp3) is 0.400. The van der Waals surface area contributed by atoms with Gasteiger partial charge in [0.25, 0.3) is 0 Å². The summed E-state index contributed by atoms with van der Waals surface area (Å²) in [6.45, 7) is 3.73. The van der Waals surface area contributed by atoms with Gasteiger partial charge in [-0.3, -0.25) is 0 Å². The summed E-state index contributed by atoms with van der Waals surface area (Å²) in [6, 6.07) is 1.92. The van der Waals surface area contributed by atoms with Crippen molar-refractivity contribution in [3.8, 4) is 11.5 Å². The Hall–Kier alpha value is -0.740. The van der Waals surface area contributed by atoms with Crippen molar-refractivity contribution >= 4 is 15.9 Å². The largest absolute Gasteiger partial charge is 0.486 e. The Morgan fingerprint density at radius 2 is 2.14 bits per heavy atom. The summed E-state index contributed by atoms with van der Waals surface area (Å²) >= 11 is 3.47. The lowest BCUT2D eigenvalue weighted by atomic mass is 10.1. The minimum atomic E-state index is 0.503. The first-order valence-electron chi connectivity index (χ1n) is 4.51. The minimum absolute atomic E-state index is 0.503. The molecule has 14 heavy (non-hydrogen) atoms. The average molecular weight is 258 g/mol. The van der Waals surface area contributed by atoms with Crippen molar-refractivity contribution in [3.63, 3.8) is 0 Å². The zero-order valence-corrected chi connectivity index (χ0v) is 9.56. The van der Waals surface area contributed by atoms with Crippen LogP contribution in [-0.2, 0) is 6.54 Å². The minimum Gasteiger partial charge on any atom is -0.486 e. The lowest BCUT2D eigenvalue weighted by molar-refractivity contribution is 0.170. The van der Waals surface area contributed by atoms with Gasteiger partial charge in [0, 0.05) is 16.6 Å². The molecule has 0 aliphatic carbocycles. The van der Waals surface area contributed by atoms with Crippen LogP contribution in [0, 0.1) is 6.92 Å². The Labute approximate surface area is 91.3 Å². The van der Waals surface area contributed by atoms with Crippen molar-refractivity contribution in [1.29, 1.82) is 0 Å². The third kappa shape index (κ3) is 1.48. The third-order valence-corrected chi connectivity index (χ3v) is 3.06. The molecule has 0 fully saturated rings. The Morgan fingerprint density at radius 1 is 1.43 bits per heavy atom. The molecule has 0 radical (unpaired) electrons. The van der Waals surface area contributed by atoms with E-state index in [1.807, 2.05) is 13.0 Å². The molecule has 1 heterocycles. The Morgan fingerprint density at radius 3 is 2.86 bits per heavy atom. The van der Waals surface area contributed by atoms with Crippen LogP contribution < -0.4 is 15.2 Å². The van der Waals surface area contributed by atoms with E-state index >= 15 is 0 Å². The Bertz CT molecular complexity index is 366. The van der Waals surface area contributed by atoms with E-state index in [1.165, 1.54) is 0 Å². The van der Waals surface area contributed by atoms with Crippen molar-refractivity contribution in [2.75, 3.05) is 13.2 Å². The highest BCUT2D eigenvalue weighted by atomic mass is 79.9. The van der Waals surface area contributed by atoms with Crippen molar-refractivity contribution in [2.24, 2.45) is 5.73 Å². The van der Waals surface area contributed by atoms with E-state index in [-0.39, 0.29) is 0 Å². The van der Waals surface area contributed by atoms with Gasteiger partial charge in [-0.25, -0.2) is 0 Å². The maximum Gasteiger partial charge on any atom is 0.164 e. The SMILES string of the molecule is Cc1c(CN)c(Br)cc2c1OCCO2. The first-order valence-corrected chi connectivity index (χ1v) is 5.31. The van der Waals surface area contributed by atoms with Crippen LogP contribution in [0.1, 0.15) is 11.1 Å². The van der Waals surface area contributed by atoms with Crippen LogP contribution in [0.15, 0.2) is 10.5 Å². The highest BCUT2D eigenvalue weighted by molar-refractivity contribution is 9.10. The van der Waals surface area contributed by atoms with Gasteiger partial charge in [0.05, 0.1) is 0 Å². The van der Waals surface area contributed by atoms with Crippen LogP contribution in [0.3, 0.4) is 0 Å². The van der Waals surface area contributed by atoms with Gasteiger partial charge < -0.3 is 15.2 Å². The number of halogens is 1. The van der Waals surface area contributed by atoms with E-state index in [0.717, 1.165) is 27.1 Å². The Balaban J connectivity index is 2.57. The average Bonchev–Trinajstić information content (AvgIpc) is 2.18. The van der Waals surface area contributed by atoms with Gasteiger partial charge in [0.2, 0.25) is 0 Å². The molecule has 0 unspecified atom stereocenters. The summed E-state index contributed by atoms with van der Waals surface area (Å²) < 4.78 is 12.0. The molecule has 3 nitrogen and oxygen atoms in total. The molecule has 4 heteroatoms. The predicted molar refractivity (Wildman–Crippen MR) is 57.8 cm³/mol. The molecule has 1 aliphatic heterocycles. The standard InChI is InChI=1S/C10H12BrNO2/c1-6-7(5-12)8(11)4-9-10(6)14-3-2-13-9/h4H,2-3,5,12H2,1H3. The van der Waals surface area contributed by atoms with Gasteiger partial charge in [0.1, 0.15) is 13.2 Å². The lowest BCUT2D eigenvalue weighted by Gasteiger charge is -2.22. The summed E-state index contributed by atoms with van der Waals surface area (Å²) in [5, 5.41) is 0. The Kier molecular flexibility index (Phi) is 2.65. The van der Waals surface area contributed by atoms with E-state index in [1.54, 1.807) is 0 Å². The molecule has 0 amide bonds. The molecule has 0 bridgehead atoms. The van der Waals surface area contributed by atoms with Crippen LogP contribution in [0.4, 0.5) is 0 Å². The molecule has 76 valence electrons. The van der Waals surface area contributed by atoms with Crippen LogP contribution in [-0.4, -0.2) is 13.2 Å². The van der Waals surface area contributed by atoms with Crippen molar-refractivity contribution in [3.05, 3.63) is 21.7 Å². The monoisotopic (exact) mass is 257 g/mol. The first kappa shape index (κ1) is 9.80. The van der Waals surface area contributed by atoms with E-state index < -0.39 is 0 Å².